The van der Waals surface area contributed by atoms with Gasteiger partial charge in [-0.1, -0.05) is 11.6 Å². The molecule has 3 rings (SSSR count). The van der Waals surface area contributed by atoms with Gasteiger partial charge in [-0.15, -0.1) is 0 Å². The normalized spacial score (nSPS) is 16.9. The molecule has 0 bridgehead atoms. The molecule has 1 saturated heterocycles. The minimum Gasteiger partial charge on any atom is -0.379 e. The van der Waals surface area contributed by atoms with E-state index in [-0.39, 0.29) is 0 Å². The topological polar surface area (TPSA) is 28.3 Å². The van der Waals surface area contributed by atoms with Crippen molar-refractivity contribution in [3.8, 4) is 0 Å². The standard InChI is InChI=1S/C17H24N2O/c1-13-5-6-17-16(12-13)15(14(2)18-17)4-3-7-19-8-10-20-11-9-19/h5-6,12,18H,3-4,7-11H2,1-2H3. The number of hydrogen-bond donors (Lipinski definition) is 1. The summed E-state index contributed by atoms with van der Waals surface area (Å²) in [7, 11) is 0. The van der Waals surface area contributed by atoms with Crippen molar-refractivity contribution in [2.75, 3.05) is 32.8 Å². The van der Waals surface area contributed by atoms with Crippen LogP contribution in [0.4, 0.5) is 0 Å². The zero-order valence-corrected chi connectivity index (χ0v) is 12.5. The summed E-state index contributed by atoms with van der Waals surface area (Å²) in [4.78, 5) is 6.02. The van der Waals surface area contributed by atoms with E-state index in [0.29, 0.717) is 0 Å². The molecular weight excluding hydrogens is 248 g/mol. The van der Waals surface area contributed by atoms with E-state index in [1.807, 2.05) is 0 Å². The molecule has 1 aliphatic heterocycles. The first-order chi connectivity index (χ1) is 9.74. The second-order valence-electron chi connectivity index (χ2n) is 5.84. The highest BCUT2D eigenvalue weighted by atomic mass is 16.5. The number of nitrogens with zero attached hydrogens (tertiary/aromatic N) is 1. The smallest absolute Gasteiger partial charge is 0.0594 e. The Morgan fingerprint density at radius 1 is 1.20 bits per heavy atom. The third-order valence-electron chi connectivity index (χ3n) is 4.28. The molecule has 2 aromatic rings. The summed E-state index contributed by atoms with van der Waals surface area (Å²) < 4.78 is 5.40. The Hall–Kier alpha value is -1.32. The van der Waals surface area contributed by atoms with Crippen molar-refractivity contribution in [2.45, 2.75) is 26.7 Å². The van der Waals surface area contributed by atoms with Crippen molar-refractivity contribution in [3.63, 3.8) is 0 Å². The maximum absolute atomic E-state index is 5.40. The molecule has 0 atom stereocenters. The van der Waals surface area contributed by atoms with Crippen LogP contribution in [0.25, 0.3) is 10.9 Å². The molecule has 0 spiro atoms. The number of aromatic amines is 1. The second-order valence-corrected chi connectivity index (χ2v) is 5.84. The Kier molecular flexibility index (Phi) is 4.08. The lowest BCUT2D eigenvalue weighted by Crippen LogP contribution is -2.36. The molecule has 0 radical (unpaired) electrons. The molecule has 108 valence electrons. The molecule has 1 fully saturated rings. The molecule has 1 aromatic carbocycles. The van der Waals surface area contributed by atoms with Crippen LogP contribution in [0, 0.1) is 13.8 Å². The van der Waals surface area contributed by atoms with Gasteiger partial charge < -0.3 is 9.72 Å². The lowest BCUT2D eigenvalue weighted by molar-refractivity contribution is 0.0375. The van der Waals surface area contributed by atoms with Crippen LogP contribution in [0.5, 0.6) is 0 Å². The number of rotatable bonds is 4. The maximum Gasteiger partial charge on any atom is 0.0594 e. The minimum absolute atomic E-state index is 0.894. The molecule has 0 amide bonds. The van der Waals surface area contributed by atoms with Crippen molar-refractivity contribution in [1.29, 1.82) is 0 Å². The molecule has 1 aromatic heterocycles. The van der Waals surface area contributed by atoms with Crippen molar-refractivity contribution >= 4 is 10.9 Å². The quantitative estimate of drug-likeness (QED) is 0.926. The monoisotopic (exact) mass is 272 g/mol. The SMILES string of the molecule is Cc1ccc2[nH]c(C)c(CCCN3CCOCC3)c2c1. The van der Waals surface area contributed by atoms with Crippen LogP contribution in [-0.2, 0) is 11.2 Å². The Morgan fingerprint density at radius 2 is 2.00 bits per heavy atom. The van der Waals surface area contributed by atoms with Gasteiger partial charge in [0.1, 0.15) is 0 Å². The molecule has 3 nitrogen and oxygen atoms in total. The summed E-state index contributed by atoms with van der Waals surface area (Å²) in [6, 6.07) is 6.68. The predicted octanol–water partition coefficient (Wildman–Crippen LogP) is 3.05. The fourth-order valence-corrected chi connectivity index (χ4v) is 3.12. The van der Waals surface area contributed by atoms with Crippen LogP contribution >= 0.6 is 0 Å². The number of morpholine rings is 1. The van der Waals surface area contributed by atoms with Gasteiger partial charge in [-0.05, 0) is 50.9 Å². The molecule has 0 unspecified atom stereocenters. The summed E-state index contributed by atoms with van der Waals surface area (Å²) in [6.45, 7) is 9.51. The Bertz CT molecular complexity index is 582. The largest absolute Gasteiger partial charge is 0.379 e. The van der Waals surface area contributed by atoms with E-state index in [0.717, 1.165) is 32.7 Å². The number of nitrogens with one attached hydrogen (secondary N) is 1. The van der Waals surface area contributed by atoms with Gasteiger partial charge in [0, 0.05) is 29.7 Å². The van der Waals surface area contributed by atoms with Crippen molar-refractivity contribution < 1.29 is 4.74 Å². The second kappa shape index (κ2) is 5.98. The molecule has 20 heavy (non-hydrogen) atoms. The molecule has 0 saturated carbocycles. The van der Waals surface area contributed by atoms with Gasteiger partial charge >= 0.3 is 0 Å². The number of ether oxygens (including phenoxy) is 1. The first kappa shape index (κ1) is 13.7. The highest BCUT2D eigenvalue weighted by Crippen LogP contribution is 2.24. The molecule has 3 heteroatoms. The average Bonchev–Trinajstić information content (AvgIpc) is 2.76. The van der Waals surface area contributed by atoms with Gasteiger partial charge in [-0.25, -0.2) is 0 Å². The summed E-state index contributed by atoms with van der Waals surface area (Å²) in [5, 5.41) is 1.41. The summed E-state index contributed by atoms with van der Waals surface area (Å²) in [5.41, 5.74) is 5.44. The van der Waals surface area contributed by atoms with E-state index in [2.05, 4.69) is 41.9 Å². The van der Waals surface area contributed by atoms with E-state index in [1.54, 1.807) is 0 Å². The number of fused-ring (bicyclic) bond motifs is 1. The fraction of sp³-hybridized carbons (Fsp3) is 0.529. The summed E-state index contributed by atoms with van der Waals surface area (Å²) >= 11 is 0. The lowest BCUT2D eigenvalue weighted by atomic mass is 10.0. The number of hydrogen-bond acceptors (Lipinski definition) is 2. The van der Waals surface area contributed by atoms with Crippen molar-refractivity contribution in [2.24, 2.45) is 0 Å². The first-order valence-corrected chi connectivity index (χ1v) is 7.62. The van der Waals surface area contributed by atoms with Gasteiger partial charge in [-0.2, -0.15) is 0 Å². The summed E-state index contributed by atoms with van der Waals surface area (Å²) in [5.74, 6) is 0. The van der Waals surface area contributed by atoms with Crippen LogP contribution in [0.1, 0.15) is 23.2 Å². The first-order valence-electron chi connectivity index (χ1n) is 7.62. The number of H-pyrrole nitrogens is 1. The highest BCUT2D eigenvalue weighted by molar-refractivity contribution is 5.85. The van der Waals surface area contributed by atoms with E-state index >= 15 is 0 Å². The van der Waals surface area contributed by atoms with E-state index in [1.165, 1.54) is 40.7 Å². The van der Waals surface area contributed by atoms with Gasteiger partial charge in [0.2, 0.25) is 0 Å². The number of aryl methyl sites for hydroxylation is 3. The summed E-state index contributed by atoms with van der Waals surface area (Å²) in [6.07, 6.45) is 2.38. The van der Waals surface area contributed by atoms with Crippen LogP contribution in [0.15, 0.2) is 18.2 Å². The third kappa shape index (κ3) is 2.89. The Morgan fingerprint density at radius 3 is 2.80 bits per heavy atom. The molecule has 0 aliphatic carbocycles. The highest BCUT2D eigenvalue weighted by Gasteiger charge is 2.12. The molecular formula is C17H24N2O. The van der Waals surface area contributed by atoms with E-state index < -0.39 is 0 Å². The van der Waals surface area contributed by atoms with Gasteiger partial charge in [0.25, 0.3) is 0 Å². The van der Waals surface area contributed by atoms with E-state index in [4.69, 9.17) is 4.74 Å². The number of benzene rings is 1. The number of aromatic nitrogens is 1. The van der Waals surface area contributed by atoms with Crippen LogP contribution in [0.3, 0.4) is 0 Å². The zero-order chi connectivity index (χ0) is 13.9. The molecule has 1 N–H and O–H groups in total. The maximum atomic E-state index is 5.40. The fourth-order valence-electron chi connectivity index (χ4n) is 3.12. The van der Waals surface area contributed by atoms with Crippen LogP contribution in [0.2, 0.25) is 0 Å². The zero-order valence-electron chi connectivity index (χ0n) is 12.5. The van der Waals surface area contributed by atoms with Crippen molar-refractivity contribution in [3.05, 3.63) is 35.0 Å². The van der Waals surface area contributed by atoms with E-state index in [9.17, 15) is 0 Å². The van der Waals surface area contributed by atoms with Gasteiger partial charge in [0.05, 0.1) is 13.2 Å². The van der Waals surface area contributed by atoms with Crippen LogP contribution < -0.4 is 0 Å². The van der Waals surface area contributed by atoms with Gasteiger partial charge in [-0.3, -0.25) is 4.90 Å². The lowest BCUT2D eigenvalue weighted by Gasteiger charge is -2.26. The molecule has 1 aliphatic rings. The van der Waals surface area contributed by atoms with Gasteiger partial charge in [0.15, 0.2) is 0 Å². The predicted molar refractivity (Wildman–Crippen MR) is 83.4 cm³/mol. The molecule has 2 heterocycles. The Balaban J connectivity index is 1.67. The third-order valence-corrected chi connectivity index (χ3v) is 4.28. The van der Waals surface area contributed by atoms with Crippen LogP contribution in [-0.4, -0.2) is 42.7 Å². The van der Waals surface area contributed by atoms with Crippen molar-refractivity contribution in [1.82, 2.24) is 9.88 Å². The average molecular weight is 272 g/mol. The minimum atomic E-state index is 0.894. The Labute approximate surface area is 120 Å².